The molecule has 1 unspecified atom stereocenters. The number of rotatable bonds is 12. The number of ether oxygens (including phenoxy) is 1. The molecule has 0 aromatic rings. The van der Waals surface area contributed by atoms with Gasteiger partial charge in [-0.3, -0.25) is 9.36 Å². The minimum Gasteiger partial charge on any atom is -0.466 e. The highest BCUT2D eigenvalue weighted by molar-refractivity contribution is 7.54. The lowest BCUT2D eigenvalue weighted by Crippen LogP contribution is -2.33. The average Bonchev–Trinajstić information content (AvgIpc) is 2.38. The van der Waals surface area contributed by atoms with Crippen molar-refractivity contribution in [3.63, 3.8) is 0 Å². The van der Waals surface area contributed by atoms with E-state index in [9.17, 15) is 9.36 Å². The predicted octanol–water partition coefficient (Wildman–Crippen LogP) is 2.45. The van der Waals surface area contributed by atoms with Gasteiger partial charge in [-0.15, -0.1) is 23.2 Å². The number of nitrogens with zero attached hydrogens (tertiary/aromatic N) is 1. The fourth-order valence-electron chi connectivity index (χ4n) is 1.48. The van der Waals surface area contributed by atoms with Crippen LogP contribution in [0.5, 0.6) is 0 Å². The molecule has 0 saturated heterocycles. The van der Waals surface area contributed by atoms with Crippen molar-refractivity contribution in [3.8, 4) is 0 Å². The summed E-state index contributed by atoms with van der Waals surface area (Å²) in [5, 5.41) is 2.89. The van der Waals surface area contributed by atoms with Crippen molar-refractivity contribution in [1.29, 1.82) is 0 Å². The summed E-state index contributed by atoms with van der Waals surface area (Å²) in [6.45, 7) is 4.96. The van der Waals surface area contributed by atoms with E-state index in [0.717, 1.165) is 0 Å². The van der Waals surface area contributed by atoms with Crippen LogP contribution in [0.1, 0.15) is 20.3 Å². The Morgan fingerprint density at radius 1 is 1.30 bits per heavy atom. The van der Waals surface area contributed by atoms with Crippen LogP contribution < -0.4 is 5.09 Å². The van der Waals surface area contributed by atoms with Crippen LogP contribution >= 0.6 is 30.9 Å². The topological polar surface area (TPSA) is 67.9 Å². The molecule has 20 heavy (non-hydrogen) atoms. The summed E-state index contributed by atoms with van der Waals surface area (Å²) in [5.74, 6) is 0.343. The number of nitrogens with one attached hydrogen (secondary N) is 1. The molecule has 6 nitrogen and oxygen atoms in total. The second-order valence-electron chi connectivity index (χ2n) is 3.87. The molecule has 120 valence electrons. The summed E-state index contributed by atoms with van der Waals surface area (Å²) in [5.41, 5.74) is 0. The zero-order chi connectivity index (χ0) is 15.4. The smallest absolute Gasteiger partial charge is 0.343 e. The number of halogens is 2. The van der Waals surface area contributed by atoms with Gasteiger partial charge in [-0.2, -0.15) is 0 Å². The highest BCUT2D eigenvalue weighted by Crippen LogP contribution is 2.46. The van der Waals surface area contributed by atoms with Gasteiger partial charge < -0.3 is 9.26 Å². The van der Waals surface area contributed by atoms with E-state index < -0.39 is 7.67 Å². The summed E-state index contributed by atoms with van der Waals surface area (Å²) in [7, 11) is -3.15. The van der Waals surface area contributed by atoms with Gasteiger partial charge in [0.1, 0.15) is 0 Å². The monoisotopic (exact) mass is 348 g/mol. The molecular weight excluding hydrogens is 326 g/mol. The summed E-state index contributed by atoms with van der Waals surface area (Å²) in [6, 6.07) is 0. The fourth-order valence-corrected chi connectivity index (χ4v) is 4.10. The molecule has 1 N–H and O–H groups in total. The number of esters is 1. The molecule has 9 heteroatoms. The lowest BCUT2D eigenvalue weighted by Gasteiger charge is -2.30. The third-order valence-corrected chi connectivity index (χ3v) is 5.01. The second-order valence-corrected chi connectivity index (χ2v) is 6.81. The largest absolute Gasteiger partial charge is 0.466 e. The number of carbonyl (C=O) groups excluding carboxylic acids is 1. The molecule has 0 aliphatic rings. The molecular formula is C11H23Cl2N2O4P. The van der Waals surface area contributed by atoms with Crippen molar-refractivity contribution >= 4 is 36.8 Å². The third kappa shape index (κ3) is 8.45. The molecule has 0 aromatic carbocycles. The van der Waals surface area contributed by atoms with Crippen LogP contribution in [0.3, 0.4) is 0 Å². The first-order valence-corrected chi connectivity index (χ1v) is 9.15. The van der Waals surface area contributed by atoms with Crippen molar-refractivity contribution in [2.75, 3.05) is 44.6 Å². The molecule has 0 aliphatic heterocycles. The minimum atomic E-state index is -3.15. The standard InChI is InChI=1S/C11H23Cl2N2O4P/c1-3-19-20(17,15(8-5-12)9-6-13)14-7-4-10-18-11(2)16/h3-10H2,1-2H3,(H,14,17). The first-order valence-electron chi connectivity index (χ1n) is 6.50. The molecule has 0 bridgehead atoms. The van der Waals surface area contributed by atoms with Crippen LogP contribution in [0.15, 0.2) is 0 Å². The van der Waals surface area contributed by atoms with E-state index in [1.807, 2.05) is 0 Å². The molecule has 0 aliphatic carbocycles. The van der Waals surface area contributed by atoms with Crippen molar-refractivity contribution in [2.45, 2.75) is 20.3 Å². The van der Waals surface area contributed by atoms with Gasteiger partial charge in [0.2, 0.25) is 0 Å². The summed E-state index contributed by atoms with van der Waals surface area (Å²) in [4.78, 5) is 10.6. The Labute approximate surface area is 130 Å². The molecule has 0 aromatic heterocycles. The van der Waals surface area contributed by atoms with E-state index >= 15 is 0 Å². The van der Waals surface area contributed by atoms with Gasteiger partial charge in [-0.1, -0.05) is 0 Å². The second kappa shape index (κ2) is 11.8. The Bertz CT molecular complexity index is 315. The summed E-state index contributed by atoms with van der Waals surface area (Å²) in [6.07, 6.45) is 0.548. The predicted molar refractivity (Wildman–Crippen MR) is 81.5 cm³/mol. The number of hydrogen-bond donors (Lipinski definition) is 1. The van der Waals surface area contributed by atoms with Gasteiger partial charge in [0, 0.05) is 38.3 Å². The van der Waals surface area contributed by atoms with E-state index in [0.29, 0.717) is 44.4 Å². The van der Waals surface area contributed by atoms with Crippen LogP contribution in [-0.2, 0) is 18.6 Å². The molecule has 0 spiro atoms. The summed E-state index contributed by atoms with van der Waals surface area (Å²) < 4.78 is 24.6. The molecule has 0 radical (unpaired) electrons. The highest BCUT2D eigenvalue weighted by Gasteiger charge is 2.30. The van der Waals surface area contributed by atoms with Crippen LogP contribution in [0.25, 0.3) is 0 Å². The Balaban J connectivity index is 4.40. The van der Waals surface area contributed by atoms with Crippen LogP contribution in [-0.4, -0.2) is 55.2 Å². The van der Waals surface area contributed by atoms with Crippen LogP contribution in [0.2, 0.25) is 0 Å². The average molecular weight is 349 g/mol. The van der Waals surface area contributed by atoms with E-state index in [4.69, 9.17) is 32.5 Å². The maximum absolute atomic E-state index is 12.8. The molecule has 0 heterocycles. The highest BCUT2D eigenvalue weighted by atomic mass is 35.5. The Morgan fingerprint density at radius 3 is 2.35 bits per heavy atom. The molecule has 0 saturated carbocycles. The Kier molecular flexibility index (Phi) is 11.9. The third-order valence-electron chi connectivity index (χ3n) is 2.30. The Hall–Kier alpha value is 0.160. The molecule has 0 fully saturated rings. The maximum atomic E-state index is 12.8. The van der Waals surface area contributed by atoms with Crippen molar-refractivity contribution in [1.82, 2.24) is 9.76 Å². The number of alkyl halides is 2. The molecule has 0 rings (SSSR count). The number of carbonyl (C=O) groups is 1. The SMILES string of the molecule is CCOP(=O)(NCCCOC(C)=O)N(CCCl)CCCl. The number of hydrogen-bond acceptors (Lipinski definition) is 4. The quantitative estimate of drug-likeness (QED) is 0.253. The van der Waals surface area contributed by atoms with Crippen molar-refractivity contribution in [3.05, 3.63) is 0 Å². The van der Waals surface area contributed by atoms with Crippen molar-refractivity contribution in [2.24, 2.45) is 0 Å². The van der Waals surface area contributed by atoms with E-state index in [1.54, 1.807) is 11.6 Å². The van der Waals surface area contributed by atoms with Gasteiger partial charge in [0.05, 0.1) is 13.2 Å². The molecule has 1 atom stereocenters. The zero-order valence-corrected chi connectivity index (χ0v) is 14.3. The van der Waals surface area contributed by atoms with Gasteiger partial charge >= 0.3 is 13.6 Å². The van der Waals surface area contributed by atoms with E-state index in [2.05, 4.69) is 5.09 Å². The normalized spacial score (nSPS) is 14.2. The first-order chi connectivity index (χ1) is 9.50. The van der Waals surface area contributed by atoms with Crippen LogP contribution in [0, 0.1) is 0 Å². The lowest BCUT2D eigenvalue weighted by atomic mass is 10.5. The van der Waals surface area contributed by atoms with Crippen LogP contribution in [0.4, 0.5) is 0 Å². The van der Waals surface area contributed by atoms with E-state index in [-0.39, 0.29) is 12.6 Å². The molecule has 0 amide bonds. The van der Waals surface area contributed by atoms with Gasteiger partial charge in [0.15, 0.2) is 0 Å². The lowest BCUT2D eigenvalue weighted by molar-refractivity contribution is -0.140. The maximum Gasteiger partial charge on any atom is 0.343 e. The van der Waals surface area contributed by atoms with Gasteiger partial charge in [0.25, 0.3) is 0 Å². The zero-order valence-electron chi connectivity index (χ0n) is 11.9. The van der Waals surface area contributed by atoms with Gasteiger partial charge in [-0.05, 0) is 13.3 Å². The minimum absolute atomic E-state index is 0.277. The Morgan fingerprint density at radius 2 is 1.90 bits per heavy atom. The first kappa shape index (κ1) is 20.2. The van der Waals surface area contributed by atoms with Crippen molar-refractivity contribution < 1.29 is 18.6 Å². The fraction of sp³-hybridized carbons (Fsp3) is 0.909. The van der Waals surface area contributed by atoms with E-state index in [1.165, 1.54) is 6.92 Å². The van der Waals surface area contributed by atoms with Gasteiger partial charge in [-0.25, -0.2) is 9.76 Å². The summed E-state index contributed by atoms with van der Waals surface area (Å²) >= 11 is 11.4.